The number of nitrogens with zero attached hydrogens (tertiary/aromatic N) is 5. The van der Waals surface area contributed by atoms with Crippen LogP contribution >= 0.6 is 0 Å². The van der Waals surface area contributed by atoms with Gasteiger partial charge in [-0.1, -0.05) is 122 Å². The lowest BCUT2D eigenvalue weighted by Gasteiger charge is -2.42. The Balaban J connectivity index is 1.33. The minimum absolute atomic E-state index is 0.0396. The molecule has 360 valence electrons. The smallest absolute Gasteiger partial charge is 0.0707 e. The summed E-state index contributed by atoms with van der Waals surface area (Å²) in [4.78, 5) is 12.8. The highest BCUT2D eigenvalue weighted by Crippen LogP contribution is 2.55. The summed E-state index contributed by atoms with van der Waals surface area (Å²) in [7, 11) is 2.13. The molecule has 6 bridgehead atoms. The molecule has 7 rings (SSSR count). The van der Waals surface area contributed by atoms with E-state index in [1.807, 2.05) is 6.20 Å². The molecule has 6 atom stereocenters. The molecule has 0 aliphatic carbocycles. The lowest BCUT2D eigenvalue weighted by atomic mass is 9.72. The van der Waals surface area contributed by atoms with E-state index in [0.29, 0.717) is 11.8 Å². The molecule has 67 heavy (non-hydrogen) atoms. The Bertz CT molecular complexity index is 2340. The average Bonchev–Trinajstić information content (AvgIpc) is 3.61. The third-order valence-corrected chi connectivity index (χ3v) is 15.7. The van der Waals surface area contributed by atoms with Gasteiger partial charge in [0.25, 0.3) is 0 Å². The highest BCUT2D eigenvalue weighted by molar-refractivity contribution is 5.74. The van der Waals surface area contributed by atoms with Crippen molar-refractivity contribution in [3.8, 4) is 23.0 Å². The van der Waals surface area contributed by atoms with Crippen molar-refractivity contribution in [1.82, 2.24) is 30.5 Å². The molecule has 2 saturated heterocycles. The van der Waals surface area contributed by atoms with E-state index in [1.165, 1.54) is 69.6 Å². The van der Waals surface area contributed by atoms with Crippen LogP contribution in [0, 0.1) is 30.1 Å². The van der Waals surface area contributed by atoms with Gasteiger partial charge in [0.15, 0.2) is 0 Å². The van der Waals surface area contributed by atoms with Crippen LogP contribution in [0.2, 0.25) is 0 Å². The van der Waals surface area contributed by atoms with Crippen molar-refractivity contribution >= 4 is 5.69 Å². The summed E-state index contributed by atoms with van der Waals surface area (Å²) >= 11 is 0. The molecule has 0 amide bonds. The first kappa shape index (κ1) is 50.1. The van der Waals surface area contributed by atoms with E-state index in [2.05, 4.69) is 161 Å². The normalized spacial score (nSPS) is 23.1. The van der Waals surface area contributed by atoms with E-state index in [4.69, 9.17) is 24.7 Å². The molecular weight excluding hydrogens is 819 g/mol. The molecule has 0 saturated carbocycles. The molecule has 0 radical (unpaired) electrons. The van der Waals surface area contributed by atoms with Crippen LogP contribution in [0.5, 0.6) is 0 Å². The van der Waals surface area contributed by atoms with Gasteiger partial charge < -0.3 is 20.1 Å². The fraction of sp³-hybridized carbons (Fsp3) is 0.550. The van der Waals surface area contributed by atoms with Gasteiger partial charge >= 0.3 is 0 Å². The third-order valence-electron chi connectivity index (χ3n) is 15.7. The number of benzene rings is 2. The largest absolute Gasteiger partial charge is 0.378 e. The third kappa shape index (κ3) is 11.6. The number of allylic oxidation sites excluding steroid dienone is 1. The molecular formula is C60H85N7. The van der Waals surface area contributed by atoms with Crippen molar-refractivity contribution < 1.29 is 0 Å². The standard InChI is InChI=1S/C60H85N7/c1-15-43(8)57-52(35-47(39-61-57)22-20-30-65-28-18-17-19-29-65)59-53-38-60(12,13)27-26-44(9)54-23-21-31-67(63-54)46(11)55(62-45(10)58(40(3)4)64(14)41(5)6)36-48-32-42(7)33-50(34-48)49-24-25-56(51(53)37-49)66(59)16-2/h24-25,32-35,37,39-40,43,53-55,58-59,62-63H,5,9-11,15-19,21,23,26-31,36,38H2,1-4,6-8,12-14H3. The first-order valence-corrected chi connectivity index (χ1v) is 25.9. The van der Waals surface area contributed by atoms with Gasteiger partial charge in [-0.25, -0.2) is 5.43 Å². The topological polar surface area (TPSA) is 49.9 Å². The molecule has 7 nitrogen and oxygen atoms in total. The molecule has 0 spiro atoms. The summed E-state index contributed by atoms with van der Waals surface area (Å²) in [6, 6.07) is 17.3. The van der Waals surface area contributed by atoms with E-state index in [9.17, 15) is 0 Å². The highest BCUT2D eigenvalue weighted by Gasteiger charge is 2.43. The second kappa shape index (κ2) is 21.7. The van der Waals surface area contributed by atoms with E-state index in [-0.39, 0.29) is 35.5 Å². The van der Waals surface area contributed by atoms with Crippen molar-refractivity contribution in [3.05, 3.63) is 131 Å². The van der Waals surface area contributed by atoms with Crippen molar-refractivity contribution in [2.24, 2.45) is 11.3 Å². The minimum atomic E-state index is -0.0823. The highest BCUT2D eigenvalue weighted by atomic mass is 15.5. The molecule has 6 unspecified atom stereocenters. The predicted molar refractivity (Wildman–Crippen MR) is 285 cm³/mol. The maximum Gasteiger partial charge on any atom is 0.0707 e. The number of hydrazine groups is 1. The van der Waals surface area contributed by atoms with Gasteiger partial charge in [0, 0.05) is 72.3 Å². The molecule has 2 fully saturated rings. The quantitative estimate of drug-likeness (QED) is 0.147. The van der Waals surface area contributed by atoms with Crippen LogP contribution in [-0.2, 0) is 6.42 Å². The number of hydrogen-bond donors (Lipinski definition) is 2. The van der Waals surface area contributed by atoms with Crippen molar-refractivity contribution in [2.75, 3.05) is 44.7 Å². The van der Waals surface area contributed by atoms with Gasteiger partial charge in [-0.2, -0.15) is 0 Å². The summed E-state index contributed by atoms with van der Waals surface area (Å²) < 4.78 is 0. The number of rotatable bonds is 11. The van der Waals surface area contributed by atoms with Crippen LogP contribution in [0.25, 0.3) is 11.1 Å². The van der Waals surface area contributed by atoms with E-state index >= 15 is 0 Å². The summed E-state index contributed by atoms with van der Waals surface area (Å²) in [5.41, 5.74) is 19.8. The average molecular weight is 904 g/mol. The van der Waals surface area contributed by atoms with Gasteiger partial charge in [-0.3, -0.25) is 9.88 Å². The van der Waals surface area contributed by atoms with Crippen LogP contribution in [0.15, 0.2) is 97.6 Å². The zero-order valence-electron chi connectivity index (χ0n) is 43.3. The molecule has 4 aliphatic heterocycles. The van der Waals surface area contributed by atoms with Crippen LogP contribution in [-0.4, -0.2) is 77.7 Å². The Morgan fingerprint density at radius 2 is 1.73 bits per heavy atom. The summed E-state index contributed by atoms with van der Waals surface area (Å²) in [6.45, 7) is 44.4. The summed E-state index contributed by atoms with van der Waals surface area (Å²) in [5.74, 6) is 8.10. The van der Waals surface area contributed by atoms with Gasteiger partial charge in [-0.15, -0.1) is 0 Å². The number of likely N-dealkylation sites (N-methyl/N-ethyl adjacent to an activating group) is 2. The fourth-order valence-electron chi connectivity index (χ4n) is 11.7. The Kier molecular flexibility index (Phi) is 16.2. The Morgan fingerprint density at radius 1 is 0.970 bits per heavy atom. The van der Waals surface area contributed by atoms with Gasteiger partial charge in [0.1, 0.15) is 0 Å². The van der Waals surface area contributed by atoms with E-state index in [0.717, 1.165) is 100 Å². The maximum atomic E-state index is 5.31. The Morgan fingerprint density at radius 3 is 2.43 bits per heavy atom. The van der Waals surface area contributed by atoms with E-state index in [1.54, 1.807) is 0 Å². The SMILES string of the molecule is C=C1CCC(C)(C)CC2c3cc(ccc3N(CC)C2c2cc(C#CCN3CCCCC3)cnc2C(C)CC)-c2cc(C)cc(c2)CC(NC(=C)C(C(C)C)N(C)C(=C)C)C(=C)N2CCCC1N2. The number of likely N-dealkylation sites (tertiary alicyclic amines) is 1. The molecule has 7 heteroatoms. The number of nitrogens with one attached hydrogen (secondary N) is 2. The van der Waals surface area contributed by atoms with Crippen LogP contribution < -0.4 is 15.6 Å². The molecule has 5 heterocycles. The maximum absolute atomic E-state index is 5.31. The number of aromatic nitrogens is 1. The number of piperidine rings is 1. The Labute approximate surface area is 407 Å². The molecule has 2 aromatic carbocycles. The van der Waals surface area contributed by atoms with Gasteiger partial charge in [0.2, 0.25) is 0 Å². The second-order valence-electron chi connectivity index (χ2n) is 21.9. The molecule has 1 aromatic heterocycles. The number of fused-ring (bicyclic) bond motifs is 6. The van der Waals surface area contributed by atoms with Crippen molar-refractivity contribution in [3.63, 3.8) is 0 Å². The zero-order chi connectivity index (χ0) is 48.2. The number of pyridine rings is 1. The van der Waals surface area contributed by atoms with E-state index < -0.39 is 0 Å². The first-order valence-electron chi connectivity index (χ1n) is 25.9. The zero-order valence-corrected chi connectivity index (χ0v) is 43.3. The lowest BCUT2D eigenvalue weighted by Crippen LogP contribution is -2.54. The number of anilines is 1. The summed E-state index contributed by atoms with van der Waals surface area (Å²) in [6.07, 6.45) is 13.0. The van der Waals surface area contributed by atoms with Crippen molar-refractivity contribution in [2.45, 2.75) is 163 Å². The van der Waals surface area contributed by atoms with Crippen LogP contribution in [0.4, 0.5) is 5.69 Å². The summed E-state index contributed by atoms with van der Waals surface area (Å²) in [5, 5.41) is 6.29. The molecule has 2 N–H and O–H groups in total. The molecule has 3 aromatic rings. The number of aryl methyl sites for hydroxylation is 1. The number of hydrogen-bond acceptors (Lipinski definition) is 7. The fourth-order valence-corrected chi connectivity index (χ4v) is 11.7. The van der Waals surface area contributed by atoms with Gasteiger partial charge in [0.05, 0.1) is 24.7 Å². The monoisotopic (exact) mass is 904 g/mol. The predicted octanol–water partition coefficient (Wildman–Crippen LogP) is 12.8. The Hall–Kier alpha value is -4.77. The van der Waals surface area contributed by atoms with Crippen LogP contribution in [0.3, 0.4) is 0 Å². The van der Waals surface area contributed by atoms with Gasteiger partial charge in [-0.05, 0) is 155 Å². The van der Waals surface area contributed by atoms with Crippen LogP contribution in [0.1, 0.15) is 165 Å². The first-order chi connectivity index (χ1) is 32.0. The lowest BCUT2D eigenvalue weighted by molar-refractivity contribution is 0.153. The second-order valence-corrected chi connectivity index (χ2v) is 21.9. The van der Waals surface area contributed by atoms with Crippen molar-refractivity contribution in [1.29, 1.82) is 0 Å². The molecule has 4 aliphatic rings. The minimum Gasteiger partial charge on any atom is -0.378 e.